The summed E-state index contributed by atoms with van der Waals surface area (Å²) in [5.74, 6) is -1.05. The first-order valence-electron chi connectivity index (χ1n) is 5.66. The summed E-state index contributed by atoms with van der Waals surface area (Å²) < 4.78 is 1.59. The van der Waals surface area contributed by atoms with E-state index in [1.807, 2.05) is 0 Å². The molecule has 18 heavy (non-hydrogen) atoms. The van der Waals surface area contributed by atoms with E-state index in [4.69, 9.17) is 5.11 Å². The molecule has 0 atom stereocenters. The summed E-state index contributed by atoms with van der Waals surface area (Å²) >= 11 is 0. The summed E-state index contributed by atoms with van der Waals surface area (Å²) in [6.07, 6.45) is 0.631. The van der Waals surface area contributed by atoms with Gasteiger partial charge >= 0.3 is 12.0 Å². The van der Waals surface area contributed by atoms with E-state index in [-0.39, 0.29) is 11.7 Å². The maximum atomic E-state index is 11.9. The summed E-state index contributed by atoms with van der Waals surface area (Å²) in [6.45, 7) is 0.893. The number of fused-ring (bicyclic) bond motifs is 1. The SMILES string of the molecule is CN(C)C(=O)N1CCc2c(c(C(=O)O)nn2C)C1. The van der Waals surface area contributed by atoms with Gasteiger partial charge < -0.3 is 14.9 Å². The lowest BCUT2D eigenvalue weighted by Gasteiger charge is -2.29. The fourth-order valence-corrected chi connectivity index (χ4v) is 2.21. The van der Waals surface area contributed by atoms with Gasteiger partial charge in [0.15, 0.2) is 5.69 Å². The number of carbonyl (C=O) groups is 2. The largest absolute Gasteiger partial charge is 0.476 e. The molecule has 7 nitrogen and oxygen atoms in total. The van der Waals surface area contributed by atoms with Crippen LogP contribution in [0.1, 0.15) is 21.7 Å². The molecule has 0 spiro atoms. The zero-order chi connectivity index (χ0) is 13.4. The van der Waals surface area contributed by atoms with Gasteiger partial charge in [-0.05, 0) is 0 Å². The smallest absolute Gasteiger partial charge is 0.356 e. The van der Waals surface area contributed by atoms with Crippen molar-refractivity contribution in [2.24, 2.45) is 7.05 Å². The predicted molar refractivity (Wildman–Crippen MR) is 63.4 cm³/mol. The molecule has 2 heterocycles. The van der Waals surface area contributed by atoms with Gasteiger partial charge in [-0.15, -0.1) is 0 Å². The van der Waals surface area contributed by atoms with E-state index in [1.54, 1.807) is 30.7 Å². The van der Waals surface area contributed by atoms with Crippen LogP contribution in [0.2, 0.25) is 0 Å². The Labute approximate surface area is 105 Å². The Hall–Kier alpha value is -2.05. The fraction of sp³-hybridized carbons (Fsp3) is 0.545. The summed E-state index contributed by atoms with van der Waals surface area (Å²) in [5.41, 5.74) is 1.59. The standard InChI is InChI=1S/C11H16N4O3/c1-13(2)11(18)15-5-4-8-7(6-15)9(10(16)17)12-14(8)3/h4-6H2,1-3H3,(H,16,17). The van der Waals surface area contributed by atoms with Crippen molar-refractivity contribution < 1.29 is 14.7 Å². The van der Waals surface area contributed by atoms with Gasteiger partial charge in [0.2, 0.25) is 0 Å². The monoisotopic (exact) mass is 252 g/mol. The van der Waals surface area contributed by atoms with Gasteiger partial charge in [-0.1, -0.05) is 0 Å². The molecule has 0 aliphatic carbocycles. The Balaban J connectivity index is 2.33. The summed E-state index contributed by atoms with van der Waals surface area (Å²) in [4.78, 5) is 26.1. The molecule has 0 radical (unpaired) electrons. The van der Waals surface area contributed by atoms with Gasteiger partial charge in [-0.2, -0.15) is 5.10 Å². The average molecular weight is 252 g/mol. The Morgan fingerprint density at radius 2 is 2.06 bits per heavy atom. The second-order valence-electron chi connectivity index (χ2n) is 4.55. The van der Waals surface area contributed by atoms with Crippen molar-refractivity contribution in [3.63, 3.8) is 0 Å². The van der Waals surface area contributed by atoms with E-state index in [1.165, 1.54) is 4.90 Å². The molecule has 1 aliphatic rings. The van der Waals surface area contributed by atoms with Crippen LogP contribution in [-0.2, 0) is 20.0 Å². The van der Waals surface area contributed by atoms with Crippen LogP contribution in [-0.4, -0.2) is 57.3 Å². The van der Waals surface area contributed by atoms with Crippen LogP contribution in [0.5, 0.6) is 0 Å². The predicted octanol–water partition coefficient (Wildman–Crippen LogP) is 0.158. The van der Waals surface area contributed by atoms with Gasteiger partial charge in [0.25, 0.3) is 0 Å². The number of carboxylic acids is 1. The lowest BCUT2D eigenvalue weighted by molar-refractivity contribution is 0.0686. The summed E-state index contributed by atoms with van der Waals surface area (Å²) in [7, 11) is 5.09. The van der Waals surface area contributed by atoms with Crippen LogP contribution in [0.4, 0.5) is 4.79 Å². The van der Waals surface area contributed by atoms with E-state index in [0.717, 1.165) is 5.69 Å². The molecule has 2 amide bonds. The molecular formula is C11H16N4O3. The third-order valence-corrected chi connectivity index (χ3v) is 3.10. The third kappa shape index (κ3) is 1.92. The molecule has 98 valence electrons. The number of amides is 2. The zero-order valence-corrected chi connectivity index (χ0v) is 10.7. The van der Waals surface area contributed by atoms with E-state index in [9.17, 15) is 9.59 Å². The zero-order valence-electron chi connectivity index (χ0n) is 10.7. The van der Waals surface area contributed by atoms with Crippen molar-refractivity contribution in [1.29, 1.82) is 0 Å². The quantitative estimate of drug-likeness (QED) is 0.772. The number of aryl methyl sites for hydroxylation is 1. The lowest BCUT2D eigenvalue weighted by atomic mass is 10.1. The highest BCUT2D eigenvalue weighted by Crippen LogP contribution is 2.22. The van der Waals surface area contributed by atoms with Gasteiger partial charge in [0.05, 0.1) is 6.54 Å². The van der Waals surface area contributed by atoms with Crippen molar-refractivity contribution in [2.75, 3.05) is 20.6 Å². The number of hydrogen-bond donors (Lipinski definition) is 1. The van der Waals surface area contributed by atoms with E-state index in [2.05, 4.69) is 5.10 Å². The number of rotatable bonds is 1. The van der Waals surface area contributed by atoms with Crippen LogP contribution >= 0.6 is 0 Å². The van der Waals surface area contributed by atoms with Crippen LogP contribution in [0.3, 0.4) is 0 Å². The Morgan fingerprint density at radius 1 is 1.39 bits per heavy atom. The maximum Gasteiger partial charge on any atom is 0.356 e. The first-order valence-corrected chi connectivity index (χ1v) is 5.66. The highest BCUT2D eigenvalue weighted by atomic mass is 16.4. The third-order valence-electron chi connectivity index (χ3n) is 3.10. The number of carbonyl (C=O) groups excluding carboxylic acids is 1. The minimum Gasteiger partial charge on any atom is -0.476 e. The molecule has 0 saturated carbocycles. The molecule has 0 saturated heterocycles. The first-order chi connectivity index (χ1) is 8.41. The normalized spacial score (nSPS) is 14.3. The molecule has 7 heteroatoms. The van der Waals surface area contributed by atoms with Gasteiger partial charge in [-0.25, -0.2) is 9.59 Å². The molecule has 0 fully saturated rings. The summed E-state index contributed by atoms with van der Waals surface area (Å²) in [6, 6.07) is -0.110. The second-order valence-corrected chi connectivity index (χ2v) is 4.55. The van der Waals surface area contributed by atoms with E-state index < -0.39 is 5.97 Å². The summed E-state index contributed by atoms with van der Waals surface area (Å²) in [5, 5.41) is 13.1. The molecule has 2 rings (SSSR count). The molecule has 0 unspecified atom stereocenters. The minimum absolute atomic E-state index is 0.0451. The van der Waals surface area contributed by atoms with Crippen molar-refractivity contribution in [3.8, 4) is 0 Å². The molecule has 1 N–H and O–H groups in total. The maximum absolute atomic E-state index is 11.9. The van der Waals surface area contributed by atoms with Crippen molar-refractivity contribution in [2.45, 2.75) is 13.0 Å². The molecule has 1 aromatic rings. The highest BCUT2D eigenvalue weighted by molar-refractivity contribution is 5.87. The molecule has 1 aromatic heterocycles. The number of aromatic carboxylic acids is 1. The number of aromatic nitrogens is 2. The van der Waals surface area contributed by atoms with Gasteiger partial charge in [0.1, 0.15) is 0 Å². The van der Waals surface area contributed by atoms with Crippen molar-refractivity contribution >= 4 is 12.0 Å². The van der Waals surface area contributed by atoms with Crippen LogP contribution < -0.4 is 0 Å². The lowest BCUT2D eigenvalue weighted by Crippen LogP contribution is -2.42. The topological polar surface area (TPSA) is 78.7 Å². The number of nitrogens with zero attached hydrogens (tertiary/aromatic N) is 4. The fourth-order valence-electron chi connectivity index (χ4n) is 2.21. The molecule has 1 aliphatic heterocycles. The van der Waals surface area contributed by atoms with Gasteiger partial charge in [0, 0.05) is 45.4 Å². The van der Waals surface area contributed by atoms with Gasteiger partial charge in [-0.3, -0.25) is 4.68 Å². The van der Waals surface area contributed by atoms with Crippen LogP contribution in [0.25, 0.3) is 0 Å². The number of hydrogen-bond acceptors (Lipinski definition) is 3. The van der Waals surface area contributed by atoms with E-state index in [0.29, 0.717) is 25.1 Å². The molecule has 0 bridgehead atoms. The van der Waals surface area contributed by atoms with Crippen molar-refractivity contribution in [3.05, 3.63) is 17.0 Å². The first kappa shape index (κ1) is 12.4. The average Bonchev–Trinajstić information content (AvgIpc) is 2.65. The Kier molecular flexibility index (Phi) is 2.98. The molecule has 0 aromatic carbocycles. The van der Waals surface area contributed by atoms with E-state index >= 15 is 0 Å². The van der Waals surface area contributed by atoms with Crippen LogP contribution in [0.15, 0.2) is 0 Å². The minimum atomic E-state index is -1.05. The number of urea groups is 1. The Bertz CT molecular complexity index is 507. The molecular weight excluding hydrogens is 236 g/mol. The Morgan fingerprint density at radius 3 is 2.61 bits per heavy atom. The van der Waals surface area contributed by atoms with Crippen LogP contribution in [0, 0.1) is 0 Å². The number of carboxylic acid groups (broad SMARTS) is 1. The highest BCUT2D eigenvalue weighted by Gasteiger charge is 2.29. The van der Waals surface area contributed by atoms with Crippen molar-refractivity contribution in [1.82, 2.24) is 19.6 Å². The second kappa shape index (κ2) is 4.32.